The first kappa shape index (κ1) is 23.4. The van der Waals surface area contributed by atoms with E-state index in [1.807, 2.05) is 12.1 Å². The number of hydrogen-bond donors (Lipinski definition) is 3. The lowest BCUT2D eigenvalue weighted by molar-refractivity contribution is 0.102. The smallest absolute Gasteiger partial charge is 0.425 e. The van der Waals surface area contributed by atoms with Crippen LogP contribution in [-0.2, 0) is 4.74 Å². The molecule has 1 aliphatic heterocycles. The molecule has 0 unspecified atom stereocenters. The lowest BCUT2D eigenvalue weighted by Gasteiger charge is -2.33. The minimum atomic E-state index is -0.576. The molecule has 0 atom stereocenters. The molecule has 8 nitrogen and oxygen atoms in total. The minimum absolute atomic E-state index is 0.308. The lowest BCUT2D eigenvalue weighted by atomic mass is 9.97. The Morgan fingerprint density at radius 1 is 1.00 bits per heavy atom. The zero-order valence-electron chi connectivity index (χ0n) is 18.5. The van der Waals surface area contributed by atoms with Crippen LogP contribution in [0.2, 0.25) is 5.02 Å². The van der Waals surface area contributed by atoms with Gasteiger partial charge in [-0.3, -0.25) is 15.2 Å². The molecule has 0 spiro atoms. The molecule has 34 heavy (non-hydrogen) atoms. The summed E-state index contributed by atoms with van der Waals surface area (Å²) in [4.78, 5) is 31.1. The van der Waals surface area contributed by atoms with Crippen LogP contribution in [0.25, 0.3) is 0 Å². The number of benzene rings is 2. The van der Waals surface area contributed by atoms with Crippen molar-refractivity contribution in [1.29, 1.82) is 0 Å². The topological polar surface area (TPSA) is 95.6 Å². The average Bonchev–Trinajstić information content (AvgIpc) is 2.88. The molecule has 0 bridgehead atoms. The number of halogens is 1. The van der Waals surface area contributed by atoms with Crippen LogP contribution in [0.3, 0.4) is 0 Å². The highest BCUT2D eigenvalue weighted by molar-refractivity contribution is 6.31. The van der Waals surface area contributed by atoms with E-state index in [-0.39, 0.29) is 5.91 Å². The number of amides is 2. The number of rotatable bonds is 7. The molecule has 1 saturated heterocycles. The summed E-state index contributed by atoms with van der Waals surface area (Å²) in [5.41, 5.74) is 7.99. The fourth-order valence-electron chi connectivity index (χ4n) is 3.79. The quantitative estimate of drug-likeness (QED) is 0.415. The van der Waals surface area contributed by atoms with E-state index in [1.165, 1.54) is 0 Å². The van der Waals surface area contributed by atoms with Gasteiger partial charge in [0, 0.05) is 41.8 Å². The molecule has 2 amide bonds. The maximum atomic E-state index is 12.5. The zero-order chi connectivity index (χ0) is 23.8. The molecule has 0 aliphatic carbocycles. The highest BCUT2D eigenvalue weighted by Gasteiger charge is 2.21. The summed E-state index contributed by atoms with van der Waals surface area (Å²) in [7, 11) is 0. The third kappa shape index (κ3) is 6.39. The minimum Gasteiger partial charge on any atom is -0.448 e. The number of piperidine rings is 1. The molecular weight excluding hydrogens is 454 g/mol. The number of nitrogens with one attached hydrogen (secondary N) is 3. The summed E-state index contributed by atoms with van der Waals surface area (Å²) >= 11 is 5.97. The predicted octanol–water partition coefficient (Wildman–Crippen LogP) is 4.96. The molecule has 4 rings (SSSR count). The van der Waals surface area contributed by atoms with Crippen molar-refractivity contribution in [3.05, 3.63) is 83.6 Å². The molecule has 3 aromatic rings. The standard InChI is InChI=1S/C25H26ClN5O3/c26-20-5-3-4-19(16-20)24(32)28-22-6-1-2-7-23(22)29-30-25(33)34-17-18-10-14-31(15-11-18)21-8-12-27-13-9-21/h1-9,12-13,16,18,29H,10-11,14-15,17H2,(H,28,32)(H,30,33). The van der Waals surface area contributed by atoms with Gasteiger partial charge < -0.3 is 15.0 Å². The molecule has 176 valence electrons. The van der Waals surface area contributed by atoms with Gasteiger partial charge in [0.1, 0.15) is 0 Å². The van der Waals surface area contributed by atoms with Crippen LogP contribution in [0.4, 0.5) is 21.9 Å². The lowest BCUT2D eigenvalue weighted by Crippen LogP contribution is -2.37. The van der Waals surface area contributed by atoms with Crippen LogP contribution >= 0.6 is 11.6 Å². The Morgan fingerprint density at radius 2 is 1.74 bits per heavy atom. The van der Waals surface area contributed by atoms with Gasteiger partial charge >= 0.3 is 6.09 Å². The first-order valence-electron chi connectivity index (χ1n) is 11.1. The number of pyridine rings is 1. The second-order valence-corrected chi connectivity index (χ2v) is 8.43. The van der Waals surface area contributed by atoms with Crippen molar-refractivity contribution in [3.8, 4) is 0 Å². The van der Waals surface area contributed by atoms with E-state index >= 15 is 0 Å². The maximum absolute atomic E-state index is 12.5. The van der Waals surface area contributed by atoms with E-state index in [0.29, 0.717) is 34.5 Å². The zero-order valence-corrected chi connectivity index (χ0v) is 19.3. The molecule has 2 heterocycles. The second-order valence-electron chi connectivity index (χ2n) is 7.99. The third-order valence-electron chi connectivity index (χ3n) is 5.65. The molecule has 2 aromatic carbocycles. The number of hydrogen-bond acceptors (Lipinski definition) is 6. The van der Waals surface area contributed by atoms with E-state index in [9.17, 15) is 9.59 Å². The van der Waals surface area contributed by atoms with Crippen molar-refractivity contribution < 1.29 is 14.3 Å². The summed E-state index contributed by atoms with van der Waals surface area (Å²) in [6.07, 6.45) is 4.90. The van der Waals surface area contributed by atoms with E-state index < -0.39 is 6.09 Å². The molecule has 0 saturated carbocycles. The second kappa shape index (κ2) is 11.4. The average molecular weight is 480 g/mol. The van der Waals surface area contributed by atoms with E-state index in [2.05, 4.69) is 26.1 Å². The fraction of sp³-hybridized carbons (Fsp3) is 0.240. The maximum Gasteiger partial charge on any atom is 0.425 e. The Balaban J connectivity index is 1.23. The van der Waals surface area contributed by atoms with Gasteiger partial charge in [0.05, 0.1) is 18.0 Å². The van der Waals surface area contributed by atoms with Gasteiger partial charge in [-0.15, -0.1) is 0 Å². The molecule has 1 aliphatic rings. The number of nitrogens with zero attached hydrogens (tertiary/aromatic N) is 2. The van der Waals surface area contributed by atoms with E-state index in [1.54, 1.807) is 60.9 Å². The third-order valence-corrected chi connectivity index (χ3v) is 5.89. The first-order chi connectivity index (χ1) is 16.6. The van der Waals surface area contributed by atoms with Crippen LogP contribution in [0, 0.1) is 5.92 Å². The van der Waals surface area contributed by atoms with Crippen LogP contribution < -0.4 is 21.1 Å². The van der Waals surface area contributed by atoms with Crippen LogP contribution in [0.15, 0.2) is 73.1 Å². The Morgan fingerprint density at radius 3 is 2.47 bits per heavy atom. The van der Waals surface area contributed by atoms with Crippen molar-refractivity contribution in [2.24, 2.45) is 5.92 Å². The first-order valence-corrected chi connectivity index (χ1v) is 11.5. The predicted molar refractivity (Wildman–Crippen MR) is 133 cm³/mol. The number of aromatic nitrogens is 1. The van der Waals surface area contributed by atoms with Gasteiger partial charge in [0.2, 0.25) is 0 Å². The number of anilines is 3. The Hall–Kier alpha value is -3.78. The summed E-state index contributed by atoms with van der Waals surface area (Å²) in [5.74, 6) is 0.00513. The Kier molecular flexibility index (Phi) is 7.83. The summed E-state index contributed by atoms with van der Waals surface area (Å²) in [5, 5.41) is 3.30. The molecule has 9 heteroatoms. The van der Waals surface area contributed by atoms with Gasteiger partial charge in [0.15, 0.2) is 0 Å². The van der Waals surface area contributed by atoms with Crippen LogP contribution in [0.1, 0.15) is 23.2 Å². The highest BCUT2D eigenvalue weighted by atomic mass is 35.5. The van der Waals surface area contributed by atoms with Gasteiger partial charge in [-0.25, -0.2) is 10.2 Å². The number of hydrazine groups is 1. The summed E-state index contributed by atoms with van der Waals surface area (Å²) in [6.45, 7) is 2.18. The molecule has 3 N–H and O–H groups in total. The summed E-state index contributed by atoms with van der Waals surface area (Å²) in [6, 6.07) is 17.7. The normalized spacial score (nSPS) is 13.7. The Labute approximate surface area is 203 Å². The monoisotopic (exact) mass is 479 g/mol. The highest BCUT2D eigenvalue weighted by Crippen LogP contribution is 2.24. The number of carbonyl (C=O) groups is 2. The largest absolute Gasteiger partial charge is 0.448 e. The van der Waals surface area contributed by atoms with E-state index in [4.69, 9.17) is 16.3 Å². The molecule has 1 aromatic heterocycles. The van der Waals surface area contributed by atoms with Crippen molar-refractivity contribution in [1.82, 2.24) is 10.4 Å². The van der Waals surface area contributed by atoms with Crippen molar-refractivity contribution >= 4 is 40.7 Å². The van der Waals surface area contributed by atoms with Gasteiger partial charge in [-0.1, -0.05) is 29.8 Å². The van der Waals surface area contributed by atoms with Gasteiger partial charge in [-0.2, -0.15) is 0 Å². The van der Waals surface area contributed by atoms with Crippen molar-refractivity contribution in [3.63, 3.8) is 0 Å². The van der Waals surface area contributed by atoms with Crippen LogP contribution in [-0.4, -0.2) is 36.7 Å². The molecule has 1 fully saturated rings. The molecule has 0 radical (unpaired) electrons. The SMILES string of the molecule is O=C(NNc1ccccc1NC(=O)c1cccc(Cl)c1)OCC1CCN(c2ccncc2)CC1. The number of ether oxygens (including phenoxy) is 1. The summed E-state index contributed by atoms with van der Waals surface area (Å²) < 4.78 is 5.40. The van der Waals surface area contributed by atoms with E-state index in [0.717, 1.165) is 31.6 Å². The van der Waals surface area contributed by atoms with Gasteiger partial charge in [0.25, 0.3) is 5.91 Å². The fourth-order valence-corrected chi connectivity index (χ4v) is 3.98. The molecular formula is C25H26ClN5O3. The number of carbonyl (C=O) groups excluding carboxylic acids is 2. The van der Waals surface area contributed by atoms with Crippen molar-refractivity contribution in [2.75, 3.05) is 35.3 Å². The van der Waals surface area contributed by atoms with Gasteiger partial charge in [-0.05, 0) is 61.2 Å². The van der Waals surface area contributed by atoms with Crippen LogP contribution in [0.5, 0.6) is 0 Å². The Bertz CT molecular complexity index is 1120. The van der Waals surface area contributed by atoms with Crippen molar-refractivity contribution in [2.45, 2.75) is 12.8 Å². The number of para-hydroxylation sites is 2.